The molecule has 0 aliphatic heterocycles. The van der Waals surface area contributed by atoms with E-state index in [0.29, 0.717) is 0 Å². The van der Waals surface area contributed by atoms with Crippen molar-refractivity contribution in [2.75, 3.05) is 26.4 Å². The Bertz CT molecular complexity index is 1010. The van der Waals surface area contributed by atoms with Crippen LogP contribution in [0.15, 0.2) is 146 Å². The molecule has 0 aliphatic carbocycles. The van der Waals surface area contributed by atoms with E-state index in [1.807, 2.05) is 146 Å². The van der Waals surface area contributed by atoms with Gasteiger partial charge in [-0.1, -0.05) is 170 Å². The molecule has 0 saturated heterocycles. The molecule has 0 fully saturated rings. The van der Waals surface area contributed by atoms with Crippen molar-refractivity contribution in [1.29, 1.82) is 0 Å². The van der Waals surface area contributed by atoms with Gasteiger partial charge >= 0.3 is 0 Å². The van der Waals surface area contributed by atoms with Crippen LogP contribution in [0.3, 0.4) is 0 Å². The summed E-state index contributed by atoms with van der Waals surface area (Å²) in [5.74, 6) is 0. The molecule has 4 rings (SSSR count). The number of aliphatic hydroxyl groups excluding tert-OH is 4. The van der Waals surface area contributed by atoms with Crippen LogP contribution in [-0.4, -0.2) is 46.9 Å². The molecule has 0 spiro atoms. The van der Waals surface area contributed by atoms with Crippen LogP contribution < -0.4 is 0 Å². The van der Waals surface area contributed by atoms with Crippen LogP contribution in [0.1, 0.15) is 22.3 Å². The van der Waals surface area contributed by atoms with Crippen molar-refractivity contribution in [3.63, 3.8) is 0 Å². The van der Waals surface area contributed by atoms with Gasteiger partial charge in [0.1, 0.15) is 0 Å². The average Bonchev–Trinajstić information content (AvgIpc) is 3.04. The minimum atomic E-state index is 0. The number of benzene rings is 4. The second-order valence-corrected chi connectivity index (χ2v) is 7.98. The topological polar surface area (TPSA) is 80.9 Å². The molecule has 212 valence electrons. The van der Waals surface area contributed by atoms with E-state index in [1.54, 1.807) is 24.3 Å². The van der Waals surface area contributed by atoms with Gasteiger partial charge in [0.05, 0.1) is 26.4 Å². The molecule has 0 radical (unpaired) electrons. The maximum Gasteiger partial charge on any atom is 0.0615 e. The molecule has 0 aromatic heterocycles. The van der Waals surface area contributed by atoms with Gasteiger partial charge in [-0.05, 0) is 22.3 Å². The predicted octanol–water partition coefficient (Wildman–Crippen LogP) is 6.77. The monoisotopic (exact) mass is 584 g/mol. The van der Waals surface area contributed by atoms with Crippen LogP contribution in [0.25, 0.3) is 24.3 Å². The minimum Gasteiger partial charge on any atom is -0.392 e. The van der Waals surface area contributed by atoms with Crippen LogP contribution >= 0.6 is 0 Å². The van der Waals surface area contributed by atoms with Crippen molar-refractivity contribution in [3.8, 4) is 0 Å². The van der Waals surface area contributed by atoms with Crippen LogP contribution in [0.5, 0.6) is 0 Å². The van der Waals surface area contributed by atoms with Crippen molar-refractivity contribution >= 4 is 24.3 Å². The Balaban J connectivity index is 0.000000516. The molecule has 0 bridgehead atoms. The molecule has 0 amide bonds. The van der Waals surface area contributed by atoms with Crippen molar-refractivity contribution in [2.45, 2.75) is 0 Å². The van der Waals surface area contributed by atoms with Crippen LogP contribution in [0.4, 0.5) is 0 Å². The van der Waals surface area contributed by atoms with Crippen LogP contribution in [-0.2, 0) is 21.7 Å². The summed E-state index contributed by atoms with van der Waals surface area (Å²) in [5, 5.41) is 33.8. The van der Waals surface area contributed by atoms with Crippen molar-refractivity contribution in [3.05, 3.63) is 168 Å². The summed E-state index contributed by atoms with van der Waals surface area (Å²) < 4.78 is 0. The number of hydrogen-bond acceptors (Lipinski definition) is 4. The third-order valence-corrected chi connectivity index (χ3v) is 4.86. The Morgan fingerprint density at radius 1 is 0.317 bits per heavy atom. The molecule has 0 heterocycles. The fourth-order valence-corrected chi connectivity index (χ4v) is 3.01. The molecule has 0 unspecified atom stereocenters. The Hall–Kier alpha value is -3.61. The summed E-state index contributed by atoms with van der Waals surface area (Å²) in [5.41, 5.74) is 4.49. The van der Waals surface area contributed by atoms with Crippen LogP contribution in [0, 0.1) is 0 Å². The normalized spacial score (nSPS) is 10.2. The second-order valence-electron chi connectivity index (χ2n) is 7.98. The first-order valence-electron chi connectivity index (χ1n) is 13.0. The van der Waals surface area contributed by atoms with Crippen LogP contribution in [0.2, 0.25) is 0 Å². The Morgan fingerprint density at radius 2 is 0.488 bits per heavy atom. The quantitative estimate of drug-likeness (QED) is 0.173. The van der Waals surface area contributed by atoms with Gasteiger partial charge in [0.15, 0.2) is 0 Å². The third-order valence-electron chi connectivity index (χ3n) is 4.86. The van der Waals surface area contributed by atoms with Crippen molar-refractivity contribution < 1.29 is 42.1 Å². The zero-order valence-corrected chi connectivity index (χ0v) is 24.8. The molecule has 0 saturated carbocycles. The van der Waals surface area contributed by atoms with Crippen molar-refractivity contribution in [1.82, 2.24) is 0 Å². The van der Waals surface area contributed by atoms with Gasteiger partial charge in [0.2, 0.25) is 0 Å². The first-order chi connectivity index (χ1) is 19.7. The number of hydrogen-bond donors (Lipinski definition) is 4. The summed E-state index contributed by atoms with van der Waals surface area (Å²) in [7, 11) is 0. The van der Waals surface area contributed by atoms with E-state index in [2.05, 4.69) is 0 Å². The zero-order chi connectivity index (χ0) is 28.9. The maximum absolute atomic E-state index is 8.44. The number of aliphatic hydroxyl groups is 4. The zero-order valence-electron chi connectivity index (χ0n) is 23.3. The minimum absolute atomic E-state index is 0. The molecule has 4 aromatic rings. The summed E-state index contributed by atoms with van der Waals surface area (Å²) in [4.78, 5) is 0. The Kier molecular flexibility index (Phi) is 25.5. The summed E-state index contributed by atoms with van der Waals surface area (Å²) in [6, 6.07) is 39.6. The first-order valence-corrected chi connectivity index (χ1v) is 13.0. The Morgan fingerprint density at radius 3 is 0.634 bits per heavy atom. The van der Waals surface area contributed by atoms with Gasteiger partial charge in [-0.3, -0.25) is 0 Å². The van der Waals surface area contributed by atoms with Gasteiger partial charge in [0.25, 0.3) is 0 Å². The SMILES string of the molecule is OC/C=C/c1ccccc1.OC/C=C/c1ccccc1.OC/C=C/c1ccccc1.OC/C=C/c1ccccc1.[Ti]. The smallest absolute Gasteiger partial charge is 0.0615 e. The van der Waals surface area contributed by atoms with E-state index in [-0.39, 0.29) is 48.1 Å². The molecule has 41 heavy (non-hydrogen) atoms. The molecule has 4 N–H and O–H groups in total. The van der Waals surface area contributed by atoms with E-state index in [4.69, 9.17) is 20.4 Å². The molecule has 0 atom stereocenters. The largest absolute Gasteiger partial charge is 0.392 e. The summed E-state index contributed by atoms with van der Waals surface area (Å²) in [6.45, 7) is 0.424. The molecule has 5 heteroatoms. The fourth-order valence-electron chi connectivity index (χ4n) is 3.01. The summed E-state index contributed by atoms with van der Waals surface area (Å²) in [6.07, 6.45) is 14.4. The number of rotatable bonds is 8. The van der Waals surface area contributed by atoms with E-state index in [1.165, 1.54) is 0 Å². The van der Waals surface area contributed by atoms with E-state index in [0.717, 1.165) is 22.3 Å². The standard InChI is InChI=1S/4C9H10O.Ti/c4*10-8-4-7-9-5-2-1-3-6-9;/h4*1-7,10H,8H2;/b4*7-4+;. The van der Waals surface area contributed by atoms with E-state index in [9.17, 15) is 0 Å². The van der Waals surface area contributed by atoms with E-state index < -0.39 is 0 Å². The second kappa shape index (κ2) is 27.9. The van der Waals surface area contributed by atoms with E-state index >= 15 is 0 Å². The molecular formula is C36H40O4Ti. The molecular weight excluding hydrogens is 544 g/mol. The molecule has 4 aromatic carbocycles. The van der Waals surface area contributed by atoms with Gasteiger partial charge < -0.3 is 20.4 Å². The average molecular weight is 585 g/mol. The molecule has 0 aliphatic rings. The van der Waals surface area contributed by atoms with Crippen molar-refractivity contribution in [2.24, 2.45) is 0 Å². The molecule has 4 nitrogen and oxygen atoms in total. The van der Waals surface area contributed by atoms with Gasteiger partial charge in [-0.2, -0.15) is 0 Å². The first kappa shape index (κ1) is 37.4. The third kappa shape index (κ3) is 21.8. The maximum atomic E-state index is 8.44. The predicted molar refractivity (Wildman–Crippen MR) is 170 cm³/mol. The van der Waals surface area contributed by atoms with Gasteiger partial charge in [0, 0.05) is 21.7 Å². The van der Waals surface area contributed by atoms with Gasteiger partial charge in [-0.15, -0.1) is 0 Å². The fraction of sp³-hybridized carbons (Fsp3) is 0.111. The van der Waals surface area contributed by atoms with Gasteiger partial charge in [-0.25, -0.2) is 0 Å². The summed E-state index contributed by atoms with van der Waals surface area (Å²) >= 11 is 0. The Labute approximate surface area is 259 Å².